The topological polar surface area (TPSA) is 111 Å². The summed E-state index contributed by atoms with van der Waals surface area (Å²) >= 11 is 0. The quantitative estimate of drug-likeness (QED) is 0.516. The largest absolute Gasteiger partial charge is 0.367 e. The molecular weight excluding hydrogens is 433 g/mol. The molecule has 3 fully saturated rings. The van der Waals surface area contributed by atoms with E-state index in [4.69, 9.17) is 0 Å². The summed E-state index contributed by atoms with van der Waals surface area (Å²) in [5, 5.41) is 7.27. The molecule has 4 N–H and O–H groups in total. The molecule has 0 amide bonds. The number of nitrogens with zero attached hydrogens (tertiary/aromatic N) is 3. The number of hydrogen-bond acceptors (Lipinski definition) is 8. The monoisotopic (exact) mass is 463 g/mol. The van der Waals surface area contributed by atoms with Gasteiger partial charge in [0.05, 0.1) is 11.9 Å². The minimum Gasteiger partial charge on any atom is -0.367 e. The third-order valence-electron chi connectivity index (χ3n) is 6.80. The normalized spacial score (nSPS) is 30.7. The standard InChI is InChI=1S/C21H30FN7O2S/c1-3-32(30,31)29-14-6-7-15(29)11-13(10-14)24-20-16-5-4-8-23-19(16)18(22)21(26-20)25-17-9-12(2)27-28-17/h4-5,8,12-15,17,27-28H,3,6-7,9-11H2,1-2H3,(H2,24,25,26)/t12?,13?,14-,15+,17?. The number of hydrazine groups is 1. The molecule has 0 aromatic carbocycles. The van der Waals surface area contributed by atoms with Gasteiger partial charge in [-0.05, 0) is 58.1 Å². The Kier molecular flexibility index (Phi) is 5.68. The second-order valence-corrected chi connectivity index (χ2v) is 11.2. The molecule has 2 bridgehead atoms. The fraction of sp³-hybridized carbons (Fsp3) is 0.619. The molecule has 3 saturated heterocycles. The van der Waals surface area contributed by atoms with Crippen molar-refractivity contribution in [3.8, 4) is 0 Å². The van der Waals surface area contributed by atoms with Crippen molar-refractivity contribution < 1.29 is 12.8 Å². The van der Waals surface area contributed by atoms with Crippen LogP contribution in [0.2, 0.25) is 0 Å². The Morgan fingerprint density at radius 2 is 1.91 bits per heavy atom. The number of halogens is 1. The third kappa shape index (κ3) is 3.91. The first kappa shape index (κ1) is 21.7. The van der Waals surface area contributed by atoms with E-state index >= 15 is 4.39 Å². The van der Waals surface area contributed by atoms with Crippen LogP contribution in [0.4, 0.5) is 16.0 Å². The SMILES string of the molecule is CCS(=O)(=O)N1[C@@H]2CC[C@H]1CC(Nc1nc(NC3CC(C)NN3)c(F)c3ncccc13)C2. The lowest BCUT2D eigenvalue weighted by Crippen LogP contribution is -2.50. The lowest BCUT2D eigenvalue weighted by atomic mass is 9.99. The molecule has 3 unspecified atom stereocenters. The van der Waals surface area contributed by atoms with Crippen LogP contribution < -0.4 is 21.5 Å². The van der Waals surface area contributed by atoms with E-state index in [0.717, 1.165) is 19.3 Å². The van der Waals surface area contributed by atoms with Crippen molar-refractivity contribution in [3.63, 3.8) is 0 Å². The van der Waals surface area contributed by atoms with E-state index in [2.05, 4.69) is 31.5 Å². The highest BCUT2D eigenvalue weighted by Gasteiger charge is 2.46. The molecule has 0 spiro atoms. The van der Waals surface area contributed by atoms with Gasteiger partial charge in [0.25, 0.3) is 0 Å². The average Bonchev–Trinajstić information content (AvgIpc) is 3.32. The van der Waals surface area contributed by atoms with Gasteiger partial charge in [0.1, 0.15) is 11.3 Å². The number of sulfonamides is 1. The highest BCUT2D eigenvalue weighted by atomic mass is 32.2. The van der Waals surface area contributed by atoms with Crippen molar-refractivity contribution in [2.24, 2.45) is 0 Å². The summed E-state index contributed by atoms with van der Waals surface area (Å²) in [6.45, 7) is 3.75. The fourth-order valence-electron chi connectivity index (χ4n) is 5.33. The molecule has 0 saturated carbocycles. The van der Waals surface area contributed by atoms with Crippen LogP contribution in [-0.2, 0) is 10.0 Å². The highest BCUT2D eigenvalue weighted by Crippen LogP contribution is 2.39. The van der Waals surface area contributed by atoms with E-state index in [0.29, 0.717) is 24.0 Å². The zero-order valence-electron chi connectivity index (χ0n) is 18.3. The molecule has 3 aliphatic rings. The number of aromatic nitrogens is 2. The molecule has 9 nitrogen and oxygen atoms in total. The first-order chi connectivity index (χ1) is 15.4. The average molecular weight is 464 g/mol. The van der Waals surface area contributed by atoms with E-state index in [9.17, 15) is 8.42 Å². The van der Waals surface area contributed by atoms with Crippen LogP contribution in [0.15, 0.2) is 18.3 Å². The third-order valence-corrected chi connectivity index (χ3v) is 8.77. The molecule has 0 aliphatic carbocycles. The molecule has 5 rings (SSSR count). The lowest BCUT2D eigenvalue weighted by Gasteiger charge is -2.38. The zero-order valence-corrected chi connectivity index (χ0v) is 19.1. The maximum Gasteiger partial charge on any atom is 0.214 e. The van der Waals surface area contributed by atoms with E-state index in [1.807, 2.05) is 13.0 Å². The summed E-state index contributed by atoms with van der Waals surface area (Å²) in [5.74, 6) is 0.385. The molecule has 5 heterocycles. The molecule has 5 atom stereocenters. The number of rotatable bonds is 6. The maximum absolute atomic E-state index is 15.2. The van der Waals surface area contributed by atoms with Crippen LogP contribution in [0, 0.1) is 5.82 Å². The predicted molar refractivity (Wildman–Crippen MR) is 122 cm³/mol. The molecule has 11 heteroatoms. The predicted octanol–water partition coefficient (Wildman–Crippen LogP) is 2.15. The summed E-state index contributed by atoms with van der Waals surface area (Å²) in [7, 11) is -3.21. The molecule has 2 aromatic heterocycles. The van der Waals surface area contributed by atoms with E-state index in [1.165, 1.54) is 0 Å². The highest BCUT2D eigenvalue weighted by molar-refractivity contribution is 7.89. The minimum absolute atomic E-state index is 0.00823. The molecule has 2 aromatic rings. The van der Waals surface area contributed by atoms with Crippen LogP contribution in [0.5, 0.6) is 0 Å². The van der Waals surface area contributed by atoms with E-state index in [1.54, 1.807) is 23.5 Å². The maximum atomic E-state index is 15.2. The van der Waals surface area contributed by atoms with Gasteiger partial charge in [-0.3, -0.25) is 10.4 Å². The van der Waals surface area contributed by atoms with Crippen molar-refractivity contribution in [3.05, 3.63) is 24.1 Å². The molecule has 174 valence electrons. The van der Waals surface area contributed by atoms with Gasteiger partial charge in [0.2, 0.25) is 10.0 Å². The fourth-order valence-corrected chi connectivity index (χ4v) is 6.92. The molecular formula is C21H30FN7O2S. The van der Waals surface area contributed by atoms with Crippen molar-refractivity contribution in [1.29, 1.82) is 0 Å². The van der Waals surface area contributed by atoms with Crippen LogP contribution in [-0.4, -0.2) is 58.8 Å². The van der Waals surface area contributed by atoms with E-state index < -0.39 is 15.8 Å². The van der Waals surface area contributed by atoms with Crippen molar-refractivity contribution in [2.75, 3.05) is 16.4 Å². The van der Waals surface area contributed by atoms with Gasteiger partial charge < -0.3 is 10.6 Å². The van der Waals surface area contributed by atoms with Crippen LogP contribution >= 0.6 is 0 Å². The number of fused-ring (bicyclic) bond motifs is 3. The number of hydrogen-bond donors (Lipinski definition) is 4. The van der Waals surface area contributed by atoms with Gasteiger partial charge in [0, 0.05) is 35.8 Å². The van der Waals surface area contributed by atoms with Gasteiger partial charge >= 0.3 is 0 Å². The number of pyridine rings is 2. The van der Waals surface area contributed by atoms with Gasteiger partial charge in [-0.15, -0.1) is 0 Å². The molecule has 3 aliphatic heterocycles. The van der Waals surface area contributed by atoms with Crippen LogP contribution in [0.25, 0.3) is 10.9 Å². The summed E-state index contributed by atoms with van der Waals surface area (Å²) in [4.78, 5) is 8.86. The smallest absolute Gasteiger partial charge is 0.214 e. The van der Waals surface area contributed by atoms with Gasteiger partial charge in [0.15, 0.2) is 11.6 Å². The first-order valence-electron chi connectivity index (χ1n) is 11.3. The van der Waals surface area contributed by atoms with E-state index in [-0.39, 0.29) is 47.4 Å². The molecule has 0 radical (unpaired) electrons. The van der Waals surface area contributed by atoms with Crippen molar-refractivity contribution in [2.45, 2.75) is 76.3 Å². The van der Waals surface area contributed by atoms with Crippen LogP contribution in [0.1, 0.15) is 46.0 Å². The Bertz CT molecular complexity index is 1100. The summed E-state index contributed by atoms with van der Waals surface area (Å²) in [5.41, 5.74) is 6.49. The Balaban J connectivity index is 1.41. The van der Waals surface area contributed by atoms with Crippen molar-refractivity contribution >= 4 is 32.6 Å². The second-order valence-electron chi connectivity index (χ2n) is 9.07. The summed E-state index contributed by atoms with van der Waals surface area (Å²) in [6.07, 6.45) is 5.41. The minimum atomic E-state index is -3.21. The summed E-state index contributed by atoms with van der Waals surface area (Å²) < 4.78 is 42.0. The van der Waals surface area contributed by atoms with Gasteiger partial charge in [-0.2, -0.15) is 4.31 Å². The Hall–Kier alpha value is -2.08. The second kappa shape index (κ2) is 8.36. The molecule has 32 heavy (non-hydrogen) atoms. The van der Waals surface area contributed by atoms with Crippen molar-refractivity contribution in [1.82, 2.24) is 25.1 Å². The summed E-state index contributed by atoms with van der Waals surface area (Å²) in [6, 6.07) is 3.94. The number of nitrogens with one attached hydrogen (secondary N) is 4. The lowest BCUT2D eigenvalue weighted by molar-refractivity contribution is 0.235. The Morgan fingerprint density at radius 1 is 1.16 bits per heavy atom. The number of piperidine rings is 1. The van der Waals surface area contributed by atoms with Gasteiger partial charge in [-0.1, -0.05) is 0 Å². The van der Waals surface area contributed by atoms with Gasteiger partial charge in [-0.25, -0.2) is 23.2 Å². The zero-order chi connectivity index (χ0) is 22.5. The first-order valence-corrected chi connectivity index (χ1v) is 13.0. The van der Waals surface area contributed by atoms with Crippen LogP contribution in [0.3, 0.4) is 0 Å². The Morgan fingerprint density at radius 3 is 2.56 bits per heavy atom. The Labute approximate surface area is 187 Å². The number of anilines is 2.